The zero-order valence-corrected chi connectivity index (χ0v) is 8.90. The van der Waals surface area contributed by atoms with Crippen LogP contribution in [-0.4, -0.2) is 30.5 Å². The second-order valence-electron chi connectivity index (χ2n) is 3.84. The molecule has 0 N–H and O–H groups in total. The van der Waals surface area contributed by atoms with Gasteiger partial charge in [0.05, 0.1) is 0 Å². The highest BCUT2D eigenvalue weighted by Crippen LogP contribution is 2.13. The van der Waals surface area contributed by atoms with Crippen molar-refractivity contribution in [1.29, 1.82) is 0 Å². The van der Waals surface area contributed by atoms with E-state index in [0.29, 0.717) is 0 Å². The third-order valence-electron chi connectivity index (χ3n) is 2.56. The Balaban J connectivity index is 1.84. The first-order valence-corrected chi connectivity index (χ1v) is 5.23. The maximum absolute atomic E-state index is 11.5. The molecular weight excluding hydrogens is 190 g/mol. The highest BCUT2D eigenvalue weighted by molar-refractivity contribution is 5.78. The van der Waals surface area contributed by atoms with Gasteiger partial charge in [-0.3, -0.25) is 4.79 Å². The number of amides is 1. The normalized spacial score (nSPS) is 14.6. The summed E-state index contributed by atoms with van der Waals surface area (Å²) in [7, 11) is 0. The van der Waals surface area contributed by atoms with Crippen molar-refractivity contribution in [2.75, 3.05) is 19.7 Å². The minimum atomic E-state index is 0.0859. The zero-order chi connectivity index (χ0) is 10.7. The Kier molecular flexibility index (Phi) is 2.90. The summed E-state index contributed by atoms with van der Waals surface area (Å²) in [6.07, 6.45) is 1.12. The summed E-state index contributed by atoms with van der Waals surface area (Å²) in [6, 6.07) is 7.74. The van der Waals surface area contributed by atoms with Crippen molar-refractivity contribution in [3.05, 3.63) is 29.8 Å². The first-order chi connectivity index (χ1) is 7.25. The molecule has 1 aromatic carbocycles. The monoisotopic (exact) mass is 205 g/mol. The Labute approximate surface area is 89.7 Å². The Bertz CT molecular complexity index is 358. The van der Waals surface area contributed by atoms with Crippen molar-refractivity contribution in [1.82, 2.24) is 4.90 Å². The molecule has 3 heteroatoms. The minimum absolute atomic E-state index is 0.0859. The molecular formula is C12H15NO2. The van der Waals surface area contributed by atoms with E-state index in [4.69, 9.17) is 4.74 Å². The summed E-state index contributed by atoms with van der Waals surface area (Å²) in [5.74, 6) is 0.853. The number of nitrogens with zero attached hydrogens (tertiary/aromatic N) is 1. The molecule has 0 radical (unpaired) electrons. The molecule has 0 saturated carbocycles. The summed E-state index contributed by atoms with van der Waals surface area (Å²) in [6.45, 7) is 3.93. The molecule has 1 aliphatic heterocycles. The van der Waals surface area contributed by atoms with Crippen molar-refractivity contribution >= 4 is 5.91 Å². The van der Waals surface area contributed by atoms with Crippen LogP contribution in [0.5, 0.6) is 5.75 Å². The molecule has 1 saturated heterocycles. The van der Waals surface area contributed by atoms with Gasteiger partial charge in [0.1, 0.15) is 5.75 Å². The molecule has 15 heavy (non-hydrogen) atoms. The molecule has 80 valence electrons. The van der Waals surface area contributed by atoms with Gasteiger partial charge in [-0.05, 0) is 31.0 Å². The number of aryl methyl sites for hydroxylation is 1. The van der Waals surface area contributed by atoms with Gasteiger partial charge in [-0.2, -0.15) is 0 Å². The third-order valence-corrected chi connectivity index (χ3v) is 2.56. The van der Waals surface area contributed by atoms with Gasteiger partial charge in [0, 0.05) is 13.1 Å². The lowest BCUT2D eigenvalue weighted by Gasteiger charge is -2.30. The van der Waals surface area contributed by atoms with Gasteiger partial charge in [-0.15, -0.1) is 0 Å². The van der Waals surface area contributed by atoms with Gasteiger partial charge in [0.25, 0.3) is 5.91 Å². The molecule has 1 heterocycles. The zero-order valence-electron chi connectivity index (χ0n) is 8.90. The van der Waals surface area contributed by atoms with E-state index in [1.165, 1.54) is 0 Å². The van der Waals surface area contributed by atoms with Crippen LogP contribution < -0.4 is 4.74 Å². The van der Waals surface area contributed by atoms with Crippen molar-refractivity contribution in [2.24, 2.45) is 0 Å². The van der Waals surface area contributed by atoms with Crippen LogP contribution in [0.2, 0.25) is 0 Å². The average Bonchev–Trinajstić information content (AvgIpc) is 2.12. The van der Waals surface area contributed by atoms with Crippen molar-refractivity contribution in [3.8, 4) is 5.75 Å². The van der Waals surface area contributed by atoms with E-state index >= 15 is 0 Å². The van der Waals surface area contributed by atoms with Crippen molar-refractivity contribution in [3.63, 3.8) is 0 Å². The fourth-order valence-corrected chi connectivity index (χ4v) is 1.51. The van der Waals surface area contributed by atoms with E-state index in [1.807, 2.05) is 36.1 Å². The summed E-state index contributed by atoms with van der Waals surface area (Å²) >= 11 is 0. The number of carbonyl (C=O) groups excluding carboxylic acids is 1. The highest BCUT2D eigenvalue weighted by atomic mass is 16.5. The first-order valence-electron chi connectivity index (χ1n) is 5.23. The van der Waals surface area contributed by atoms with Crippen molar-refractivity contribution < 1.29 is 9.53 Å². The van der Waals surface area contributed by atoms with Gasteiger partial charge in [-0.1, -0.05) is 12.1 Å². The topological polar surface area (TPSA) is 29.5 Å². The van der Waals surface area contributed by atoms with Crippen LogP contribution in [0.25, 0.3) is 0 Å². The first kappa shape index (κ1) is 10.0. The molecule has 0 bridgehead atoms. The largest absolute Gasteiger partial charge is 0.484 e. The van der Waals surface area contributed by atoms with E-state index < -0.39 is 0 Å². The molecule has 0 atom stereocenters. The van der Waals surface area contributed by atoms with Gasteiger partial charge >= 0.3 is 0 Å². The number of hydrogen-bond donors (Lipinski definition) is 0. The molecule has 0 aliphatic carbocycles. The summed E-state index contributed by atoms with van der Waals surface area (Å²) in [5.41, 5.74) is 1.14. The van der Waals surface area contributed by atoms with E-state index in [9.17, 15) is 4.79 Å². The molecule has 0 spiro atoms. The number of hydrogen-bond acceptors (Lipinski definition) is 2. The summed E-state index contributed by atoms with van der Waals surface area (Å²) in [4.78, 5) is 13.3. The maximum Gasteiger partial charge on any atom is 0.260 e. The molecule has 1 amide bonds. The standard InChI is InChI=1S/C12H15NO2/c1-10-4-2-5-11(8-10)15-9-12(14)13-6-3-7-13/h2,4-5,8H,3,6-7,9H2,1H3. The van der Waals surface area contributed by atoms with Gasteiger partial charge in [-0.25, -0.2) is 0 Å². The predicted octanol–water partition coefficient (Wildman–Crippen LogP) is 1.61. The van der Waals surface area contributed by atoms with Gasteiger partial charge < -0.3 is 9.64 Å². The number of benzene rings is 1. The highest BCUT2D eigenvalue weighted by Gasteiger charge is 2.20. The number of likely N-dealkylation sites (tertiary alicyclic amines) is 1. The third kappa shape index (κ3) is 2.49. The smallest absolute Gasteiger partial charge is 0.260 e. The van der Waals surface area contributed by atoms with E-state index in [0.717, 1.165) is 30.8 Å². The van der Waals surface area contributed by atoms with Crippen LogP contribution >= 0.6 is 0 Å². The number of rotatable bonds is 3. The Morgan fingerprint density at radius 3 is 2.87 bits per heavy atom. The molecule has 2 rings (SSSR count). The molecule has 1 aromatic rings. The molecule has 0 aromatic heterocycles. The van der Waals surface area contributed by atoms with Crippen molar-refractivity contribution in [2.45, 2.75) is 13.3 Å². The van der Waals surface area contributed by atoms with Crippen LogP contribution in [0.3, 0.4) is 0 Å². The van der Waals surface area contributed by atoms with Crippen LogP contribution in [0.4, 0.5) is 0 Å². The second-order valence-corrected chi connectivity index (χ2v) is 3.84. The average molecular weight is 205 g/mol. The van der Waals surface area contributed by atoms with Crippen LogP contribution in [0, 0.1) is 6.92 Å². The van der Waals surface area contributed by atoms with E-state index in [1.54, 1.807) is 0 Å². The number of carbonyl (C=O) groups is 1. The molecule has 3 nitrogen and oxygen atoms in total. The van der Waals surface area contributed by atoms with Crippen LogP contribution in [0.15, 0.2) is 24.3 Å². The molecule has 0 unspecified atom stereocenters. The quantitative estimate of drug-likeness (QED) is 0.750. The fraction of sp³-hybridized carbons (Fsp3) is 0.417. The summed E-state index contributed by atoms with van der Waals surface area (Å²) in [5, 5.41) is 0. The van der Waals surface area contributed by atoms with Crippen LogP contribution in [0.1, 0.15) is 12.0 Å². The van der Waals surface area contributed by atoms with E-state index in [-0.39, 0.29) is 12.5 Å². The molecule has 1 fully saturated rings. The summed E-state index contributed by atoms with van der Waals surface area (Å²) < 4.78 is 5.41. The van der Waals surface area contributed by atoms with Gasteiger partial charge in [0.15, 0.2) is 6.61 Å². The minimum Gasteiger partial charge on any atom is -0.484 e. The maximum atomic E-state index is 11.5. The predicted molar refractivity (Wildman–Crippen MR) is 57.9 cm³/mol. The van der Waals surface area contributed by atoms with Gasteiger partial charge in [0.2, 0.25) is 0 Å². The van der Waals surface area contributed by atoms with E-state index in [2.05, 4.69) is 0 Å². The van der Waals surface area contributed by atoms with Crippen LogP contribution in [-0.2, 0) is 4.79 Å². The lowest BCUT2D eigenvalue weighted by molar-refractivity contribution is -0.136. The Morgan fingerprint density at radius 2 is 2.27 bits per heavy atom. The molecule has 1 aliphatic rings. The fourth-order valence-electron chi connectivity index (χ4n) is 1.51. The Morgan fingerprint density at radius 1 is 1.47 bits per heavy atom. The second kappa shape index (κ2) is 4.34. The lowest BCUT2D eigenvalue weighted by atomic mass is 10.2. The lowest BCUT2D eigenvalue weighted by Crippen LogP contribution is -2.44. The Hall–Kier alpha value is -1.51. The number of ether oxygens (including phenoxy) is 1. The SMILES string of the molecule is Cc1cccc(OCC(=O)N2CCC2)c1.